The molecule has 2 aliphatic carbocycles. The number of ketones is 1. The number of hydrogen-bond donors (Lipinski definition) is 3. The summed E-state index contributed by atoms with van der Waals surface area (Å²) in [6.07, 6.45) is 25.8. The topological polar surface area (TPSA) is 121 Å². The lowest BCUT2D eigenvalue weighted by atomic mass is 9.69. The molecule has 0 heterocycles. The van der Waals surface area contributed by atoms with Gasteiger partial charge < -0.3 is 10.2 Å². The van der Waals surface area contributed by atoms with Gasteiger partial charge in [0.25, 0.3) is 0 Å². The monoisotopic (exact) mass is 678 g/mol. The highest BCUT2D eigenvalue weighted by atomic mass is 32.3. The maximum Gasteiger partial charge on any atom is 0.398 e. The third-order valence-electron chi connectivity index (χ3n) is 8.79. The Morgan fingerprint density at radius 1 is 0.750 bits per heavy atom. The Morgan fingerprint density at radius 3 is 1.67 bits per heavy atom. The molecule has 262 valence electrons. The van der Waals surface area contributed by atoms with Gasteiger partial charge in [0.05, 0.1) is 12.2 Å². The molecule has 0 bridgehead atoms. The summed E-state index contributed by atoms with van der Waals surface area (Å²) in [6, 6.07) is 0. The van der Waals surface area contributed by atoms with E-state index in [9.17, 15) is 23.4 Å². The van der Waals surface area contributed by atoms with E-state index in [1.807, 2.05) is 141 Å². The van der Waals surface area contributed by atoms with E-state index in [4.69, 9.17) is 4.55 Å². The van der Waals surface area contributed by atoms with Crippen LogP contribution in [0, 0.1) is 10.8 Å². The fraction of sp³-hybridized carbons (Fsp3) is 0.425. The zero-order valence-electron chi connectivity index (χ0n) is 30.1. The van der Waals surface area contributed by atoms with Gasteiger partial charge >= 0.3 is 10.4 Å². The van der Waals surface area contributed by atoms with E-state index in [-0.39, 0.29) is 6.42 Å². The maximum absolute atomic E-state index is 12.7. The van der Waals surface area contributed by atoms with Gasteiger partial charge in [-0.05, 0) is 76.5 Å². The molecule has 0 saturated heterocycles. The lowest BCUT2D eigenvalue weighted by molar-refractivity contribution is -0.124. The number of rotatable bonds is 12. The number of carbonyl (C=O) groups excluding carboxylic acids is 1. The first-order chi connectivity index (χ1) is 22.2. The van der Waals surface area contributed by atoms with Crippen molar-refractivity contribution in [3.8, 4) is 0 Å². The quantitative estimate of drug-likeness (QED) is 0.140. The second-order valence-corrected chi connectivity index (χ2v) is 15.1. The third kappa shape index (κ3) is 12.2. The molecule has 0 saturated carbocycles. The molecule has 0 unspecified atom stereocenters. The summed E-state index contributed by atoms with van der Waals surface area (Å²) in [7, 11) is -4.73. The molecule has 0 aromatic rings. The maximum atomic E-state index is 12.7. The minimum absolute atomic E-state index is 0.139. The van der Waals surface area contributed by atoms with Gasteiger partial charge in [-0.2, -0.15) is 8.42 Å². The van der Waals surface area contributed by atoms with Gasteiger partial charge in [0.2, 0.25) is 0 Å². The van der Waals surface area contributed by atoms with Gasteiger partial charge in [0.1, 0.15) is 6.10 Å². The number of allylic oxidation sites excluding steroid dienone is 19. The van der Waals surface area contributed by atoms with E-state index in [0.717, 1.165) is 39.0 Å². The minimum Gasteiger partial charge on any atom is -0.390 e. The number of hydrogen-bond acceptors (Lipinski definition) is 6. The molecular weight excluding hydrogens is 625 g/mol. The van der Waals surface area contributed by atoms with Crippen LogP contribution in [0.2, 0.25) is 0 Å². The van der Waals surface area contributed by atoms with E-state index >= 15 is 0 Å². The molecule has 7 nitrogen and oxygen atoms in total. The van der Waals surface area contributed by atoms with Crippen LogP contribution in [0.25, 0.3) is 0 Å². The average Bonchev–Trinajstić information content (AvgIpc) is 2.95. The van der Waals surface area contributed by atoms with E-state index in [1.165, 1.54) is 0 Å². The van der Waals surface area contributed by atoms with Crippen LogP contribution in [0.3, 0.4) is 0 Å². The molecule has 0 aliphatic heterocycles. The summed E-state index contributed by atoms with van der Waals surface area (Å²) in [4.78, 5) is 12.7. The molecule has 8 heteroatoms. The first-order valence-electron chi connectivity index (χ1n) is 16.2. The van der Waals surface area contributed by atoms with Crippen molar-refractivity contribution in [1.82, 2.24) is 0 Å². The summed E-state index contributed by atoms with van der Waals surface area (Å²) >= 11 is 0. The molecule has 2 rings (SSSR count). The molecule has 0 aromatic carbocycles. The zero-order chi connectivity index (χ0) is 36.4. The predicted octanol–water partition coefficient (Wildman–Crippen LogP) is 8.52. The van der Waals surface area contributed by atoms with Crippen molar-refractivity contribution in [3.63, 3.8) is 0 Å². The van der Waals surface area contributed by atoms with Gasteiger partial charge in [-0.25, -0.2) is 4.18 Å². The van der Waals surface area contributed by atoms with Crippen LogP contribution < -0.4 is 0 Å². The van der Waals surface area contributed by atoms with E-state index in [0.29, 0.717) is 12.0 Å². The van der Waals surface area contributed by atoms with Crippen molar-refractivity contribution in [1.29, 1.82) is 0 Å². The molecule has 3 N–H and O–H groups in total. The third-order valence-corrected chi connectivity index (χ3v) is 9.27. The summed E-state index contributed by atoms with van der Waals surface area (Å²) in [5.74, 6) is -0.448. The second-order valence-electron chi connectivity index (χ2n) is 14.0. The highest BCUT2D eigenvalue weighted by molar-refractivity contribution is 7.80. The first kappa shape index (κ1) is 40.8. The van der Waals surface area contributed by atoms with Crippen LogP contribution in [0.1, 0.15) is 82.1 Å². The second kappa shape index (κ2) is 17.3. The van der Waals surface area contributed by atoms with Crippen LogP contribution >= 0.6 is 0 Å². The Bertz CT molecular complexity index is 1660. The van der Waals surface area contributed by atoms with Gasteiger partial charge in [-0.15, -0.1) is 0 Å². The Labute approximate surface area is 288 Å². The minimum atomic E-state index is -4.73. The summed E-state index contributed by atoms with van der Waals surface area (Å²) in [5.41, 5.74) is 6.59. The van der Waals surface area contributed by atoms with Crippen molar-refractivity contribution in [3.05, 3.63) is 130 Å². The molecule has 48 heavy (non-hydrogen) atoms. The fourth-order valence-corrected chi connectivity index (χ4v) is 6.42. The summed E-state index contributed by atoms with van der Waals surface area (Å²) in [5, 5.41) is 20.6. The first-order valence-corrected chi connectivity index (χ1v) is 17.6. The van der Waals surface area contributed by atoms with Crippen molar-refractivity contribution < 1.29 is 32.2 Å². The molecule has 3 atom stereocenters. The molecule has 0 radical (unpaired) electrons. The number of aliphatic hydroxyl groups excluding tert-OH is 2. The van der Waals surface area contributed by atoms with Crippen LogP contribution in [-0.4, -0.2) is 47.3 Å². The Kier molecular flexibility index (Phi) is 14.7. The average molecular weight is 679 g/mol. The standard InChI is InChI=1S/C40H54O7S/c1-27(17-13-19-29(3)21-23-33-31(5)25-35(41)38(43)40(33,9)10)15-11-12-16-28(2)18-14-20-30(4)22-24-34-32(6)37(42)36(26-39(34,7)8)47-48(44,45)46/h11-24,35-36,38,41,43H,25-26H2,1-10H3,(H,44,45,46)/t35-,36+,38+/m1/s1. The molecule has 0 spiro atoms. The zero-order valence-corrected chi connectivity index (χ0v) is 30.9. The van der Waals surface area contributed by atoms with Crippen molar-refractivity contribution in [2.24, 2.45) is 10.8 Å². The van der Waals surface area contributed by atoms with E-state index in [1.54, 1.807) is 6.92 Å². The SMILES string of the molecule is CC(C=CC=C(C)C=CC1=C(C)C(=O)[C@@H](OS(=O)(=O)O)CC1(C)C)=CC=CC=C(C)C=CC=C(C)C=CC1=C(C)C[C@@H](O)[C@H](O)C1(C)C. The van der Waals surface area contributed by atoms with Crippen LogP contribution in [0.4, 0.5) is 0 Å². The molecule has 0 fully saturated rings. The normalized spacial score (nSPS) is 25.4. The summed E-state index contributed by atoms with van der Waals surface area (Å²) < 4.78 is 36.0. The highest BCUT2D eigenvalue weighted by Crippen LogP contribution is 2.42. The number of Topliss-reactive ketones (excluding diaryl/α,β-unsaturated/α-hetero) is 1. The van der Waals surface area contributed by atoms with E-state index in [2.05, 4.69) is 10.3 Å². The lowest BCUT2D eigenvalue weighted by Gasteiger charge is -2.40. The Hall–Kier alpha value is -3.40. The summed E-state index contributed by atoms with van der Waals surface area (Å²) in [6.45, 7) is 19.5. The smallest absolute Gasteiger partial charge is 0.390 e. The largest absolute Gasteiger partial charge is 0.398 e. The van der Waals surface area contributed by atoms with Crippen molar-refractivity contribution in [2.75, 3.05) is 0 Å². The number of carbonyl (C=O) groups is 1. The van der Waals surface area contributed by atoms with Gasteiger partial charge in [-0.1, -0.05) is 141 Å². The fourth-order valence-electron chi connectivity index (χ4n) is 5.98. The van der Waals surface area contributed by atoms with Gasteiger partial charge in [0, 0.05) is 5.41 Å². The van der Waals surface area contributed by atoms with E-state index < -0.39 is 45.3 Å². The molecular formula is C40H54O7S. The van der Waals surface area contributed by atoms with Crippen molar-refractivity contribution in [2.45, 2.75) is 100 Å². The molecule has 0 aromatic heterocycles. The Morgan fingerprint density at radius 2 is 1.19 bits per heavy atom. The lowest BCUT2D eigenvalue weighted by Crippen LogP contribution is -2.44. The van der Waals surface area contributed by atoms with Crippen LogP contribution in [0.15, 0.2) is 130 Å². The van der Waals surface area contributed by atoms with Gasteiger partial charge in [0.15, 0.2) is 5.78 Å². The number of aliphatic hydroxyl groups is 2. The van der Waals surface area contributed by atoms with Crippen molar-refractivity contribution >= 4 is 16.2 Å². The van der Waals surface area contributed by atoms with Crippen LogP contribution in [0.5, 0.6) is 0 Å². The highest BCUT2D eigenvalue weighted by Gasteiger charge is 2.41. The molecule has 2 aliphatic rings. The molecule has 0 amide bonds. The van der Waals surface area contributed by atoms with Gasteiger partial charge in [-0.3, -0.25) is 9.35 Å². The predicted molar refractivity (Wildman–Crippen MR) is 196 cm³/mol. The Balaban J connectivity index is 1.97. The van der Waals surface area contributed by atoms with Crippen LogP contribution in [-0.2, 0) is 19.4 Å².